The molecule has 0 saturated heterocycles. The first-order chi connectivity index (χ1) is 17.7. The monoisotopic (exact) mass is 531 g/mol. The molecule has 10 heteroatoms. The topological polar surface area (TPSA) is 117 Å². The van der Waals surface area contributed by atoms with Crippen LogP contribution in [0.15, 0.2) is 18.3 Å². The van der Waals surface area contributed by atoms with Crippen molar-refractivity contribution < 1.29 is 33.3 Å². The van der Waals surface area contributed by atoms with Crippen molar-refractivity contribution in [3.05, 3.63) is 24.0 Å². The van der Waals surface area contributed by atoms with Gasteiger partial charge in [0, 0.05) is 29.8 Å². The molecular formula is C28H41N3O7. The highest BCUT2D eigenvalue weighted by Gasteiger charge is 2.48. The van der Waals surface area contributed by atoms with Gasteiger partial charge in [-0.15, -0.1) is 0 Å². The lowest BCUT2D eigenvalue weighted by molar-refractivity contribution is -0.163. The second kappa shape index (κ2) is 11.7. The molecule has 3 atom stereocenters. The molecule has 2 saturated carbocycles. The van der Waals surface area contributed by atoms with Gasteiger partial charge in [0.15, 0.2) is 0 Å². The number of nitrogens with zero attached hydrogens (tertiary/aromatic N) is 3. The van der Waals surface area contributed by atoms with Gasteiger partial charge < -0.3 is 23.8 Å². The number of aromatic nitrogens is 2. The summed E-state index contributed by atoms with van der Waals surface area (Å²) in [5, 5.41) is 0. The first-order valence-electron chi connectivity index (χ1n) is 13.2. The van der Waals surface area contributed by atoms with Gasteiger partial charge in [-0.25, -0.2) is 4.79 Å². The Morgan fingerprint density at radius 2 is 1.71 bits per heavy atom. The van der Waals surface area contributed by atoms with Gasteiger partial charge in [0.2, 0.25) is 11.8 Å². The Labute approximate surface area is 225 Å². The van der Waals surface area contributed by atoms with Crippen molar-refractivity contribution in [2.24, 2.45) is 11.8 Å². The van der Waals surface area contributed by atoms with E-state index < -0.39 is 35.5 Å². The first kappa shape index (κ1) is 29.4. The predicted molar refractivity (Wildman–Crippen MR) is 139 cm³/mol. The van der Waals surface area contributed by atoms with Gasteiger partial charge in [-0.3, -0.25) is 9.59 Å². The van der Waals surface area contributed by atoms with Crippen LogP contribution in [0.1, 0.15) is 79.8 Å². The van der Waals surface area contributed by atoms with E-state index in [9.17, 15) is 14.4 Å². The number of esters is 2. The van der Waals surface area contributed by atoms with Crippen LogP contribution in [0.25, 0.3) is 0 Å². The molecule has 0 bridgehead atoms. The molecule has 1 aromatic heterocycles. The summed E-state index contributed by atoms with van der Waals surface area (Å²) in [5.41, 5.74) is -0.222. The standard InChI is InChI=1S/C28H41N3O7/c1-9-36-23(32)12-13-31(17-10-11-17)24(33)19-14-18(15-20(19)25(34)38-28(5,6)7)37-22-16-21(27(2,3)4)29-26(30-22)35-8/h12-13,16-20H,9-11,14-15H2,1-8H3. The number of rotatable bonds is 9. The van der Waals surface area contributed by atoms with Crippen molar-refractivity contribution in [1.29, 1.82) is 0 Å². The first-order valence-corrected chi connectivity index (χ1v) is 13.2. The summed E-state index contributed by atoms with van der Waals surface area (Å²) < 4.78 is 22.2. The fourth-order valence-electron chi connectivity index (χ4n) is 4.36. The summed E-state index contributed by atoms with van der Waals surface area (Å²) in [6.07, 6.45) is 4.54. The molecule has 3 rings (SSSR count). The number of amides is 1. The smallest absolute Gasteiger partial charge is 0.332 e. The molecule has 0 spiro atoms. The fraction of sp³-hybridized carbons (Fsp3) is 0.679. The molecule has 0 radical (unpaired) electrons. The average Bonchev–Trinajstić information content (AvgIpc) is 3.56. The normalized spacial score (nSPS) is 21.7. The molecule has 1 aromatic rings. The Kier molecular flexibility index (Phi) is 9.05. The maximum atomic E-state index is 13.8. The van der Waals surface area contributed by atoms with Crippen LogP contribution < -0.4 is 9.47 Å². The number of carbonyl (C=O) groups excluding carboxylic acids is 3. The van der Waals surface area contributed by atoms with Crippen LogP contribution in [0.5, 0.6) is 11.9 Å². The van der Waals surface area contributed by atoms with E-state index in [0.29, 0.717) is 18.7 Å². The van der Waals surface area contributed by atoms with Gasteiger partial charge in [-0.1, -0.05) is 20.8 Å². The third-order valence-electron chi connectivity index (χ3n) is 6.32. The lowest BCUT2D eigenvalue weighted by Gasteiger charge is -2.27. The zero-order chi connectivity index (χ0) is 28.3. The summed E-state index contributed by atoms with van der Waals surface area (Å²) in [7, 11) is 1.49. The third kappa shape index (κ3) is 7.91. The third-order valence-corrected chi connectivity index (χ3v) is 6.32. The van der Waals surface area contributed by atoms with Gasteiger partial charge >= 0.3 is 17.9 Å². The van der Waals surface area contributed by atoms with Crippen molar-refractivity contribution in [3.63, 3.8) is 0 Å². The van der Waals surface area contributed by atoms with E-state index in [1.165, 1.54) is 19.4 Å². The van der Waals surface area contributed by atoms with Gasteiger partial charge in [0.1, 0.15) is 11.7 Å². The quantitative estimate of drug-likeness (QED) is 0.345. The minimum atomic E-state index is -0.703. The van der Waals surface area contributed by atoms with Gasteiger partial charge in [0.05, 0.1) is 31.2 Å². The SMILES string of the molecule is CCOC(=O)C=CN(C(=O)C1CC(Oc2cc(C(C)(C)C)nc(OC)n2)CC1C(=O)OC(C)(C)C)C1CC1. The van der Waals surface area contributed by atoms with Crippen LogP contribution in [0.4, 0.5) is 0 Å². The van der Waals surface area contributed by atoms with Crippen molar-refractivity contribution in [2.45, 2.75) is 97.3 Å². The van der Waals surface area contributed by atoms with E-state index in [1.807, 2.05) is 20.8 Å². The maximum absolute atomic E-state index is 13.8. The Morgan fingerprint density at radius 3 is 2.26 bits per heavy atom. The molecule has 3 unspecified atom stereocenters. The molecule has 38 heavy (non-hydrogen) atoms. The summed E-state index contributed by atoms with van der Waals surface area (Å²) in [6.45, 7) is 13.4. The number of hydrogen-bond donors (Lipinski definition) is 0. The Bertz CT molecular complexity index is 1050. The van der Waals surface area contributed by atoms with E-state index >= 15 is 0 Å². The minimum absolute atomic E-state index is 0.00657. The molecule has 2 fully saturated rings. The van der Waals surface area contributed by atoms with E-state index in [1.54, 1.807) is 38.7 Å². The van der Waals surface area contributed by atoms with E-state index in [0.717, 1.165) is 18.5 Å². The van der Waals surface area contributed by atoms with Crippen LogP contribution in [-0.2, 0) is 29.3 Å². The zero-order valence-corrected chi connectivity index (χ0v) is 23.8. The lowest BCUT2D eigenvalue weighted by atomic mass is 9.92. The number of carbonyl (C=O) groups is 3. The van der Waals surface area contributed by atoms with Crippen molar-refractivity contribution in [2.75, 3.05) is 13.7 Å². The van der Waals surface area contributed by atoms with Crippen LogP contribution in [0.2, 0.25) is 0 Å². The van der Waals surface area contributed by atoms with Gasteiger partial charge in [0.25, 0.3) is 0 Å². The highest BCUT2D eigenvalue weighted by atomic mass is 16.6. The van der Waals surface area contributed by atoms with E-state index in [4.69, 9.17) is 18.9 Å². The molecule has 1 heterocycles. The Balaban J connectivity index is 1.87. The number of ether oxygens (including phenoxy) is 4. The molecule has 210 valence electrons. The molecular weight excluding hydrogens is 490 g/mol. The van der Waals surface area contributed by atoms with Crippen LogP contribution >= 0.6 is 0 Å². The van der Waals surface area contributed by atoms with Crippen molar-refractivity contribution in [3.8, 4) is 11.9 Å². The number of hydrogen-bond acceptors (Lipinski definition) is 9. The summed E-state index contributed by atoms with van der Waals surface area (Å²) in [4.78, 5) is 49.2. The molecule has 2 aliphatic rings. The van der Waals surface area contributed by atoms with E-state index in [2.05, 4.69) is 9.97 Å². The Hall–Kier alpha value is -3.17. The molecule has 0 N–H and O–H groups in total. The zero-order valence-electron chi connectivity index (χ0n) is 23.8. The highest BCUT2D eigenvalue weighted by Crippen LogP contribution is 2.40. The largest absolute Gasteiger partial charge is 0.474 e. The molecule has 2 aliphatic carbocycles. The molecule has 1 amide bonds. The second-order valence-electron chi connectivity index (χ2n) is 11.8. The van der Waals surface area contributed by atoms with Crippen LogP contribution in [0, 0.1) is 11.8 Å². The highest BCUT2D eigenvalue weighted by molar-refractivity contribution is 5.88. The fourth-order valence-corrected chi connectivity index (χ4v) is 4.36. The predicted octanol–water partition coefficient (Wildman–Crippen LogP) is 3.97. The van der Waals surface area contributed by atoms with Crippen LogP contribution in [-0.4, -0.2) is 64.2 Å². The van der Waals surface area contributed by atoms with Crippen molar-refractivity contribution in [1.82, 2.24) is 14.9 Å². The molecule has 0 aromatic carbocycles. The summed E-state index contributed by atoms with van der Waals surface area (Å²) in [5.74, 6) is -2.24. The molecule has 0 aliphatic heterocycles. The summed E-state index contributed by atoms with van der Waals surface area (Å²) in [6, 6.07) is 1.94. The van der Waals surface area contributed by atoms with Crippen LogP contribution in [0.3, 0.4) is 0 Å². The second-order valence-corrected chi connectivity index (χ2v) is 11.8. The summed E-state index contributed by atoms with van der Waals surface area (Å²) >= 11 is 0. The minimum Gasteiger partial charge on any atom is -0.474 e. The lowest BCUT2D eigenvalue weighted by Crippen LogP contribution is -2.39. The van der Waals surface area contributed by atoms with Crippen molar-refractivity contribution >= 4 is 17.8 Å². The number of methoxy groups -OCH3 is 1. The Morgan fingerprint density at radius 1 is 1.05 bits per heavy atom. The van der Waals surface area contributed by atoms with Gasteiger partial charge in [-0.05, 0) is 53.4 Å². The maximum Gasteiger partial charge on any atom is 0.332 e. The average molecular weight is 532 g/mol. The van der Waals surface area contributed by atoms with E-state index in [-0.39, 0.29) is 30.0 Å². The molecule has 10 nitrogen and oxygen atoms in total. The van der Waals surface area contributed by atoms with Gasteiger partial charge in [-0.2, -0.15) is 9.97 Å².